The molecule has 0 spiro atoms. The Bertz CT molecular complexity index is 966. The van der Waals surface area contributed by atoms with Crippen LogP contribution in [0.3, 0.4) is 0 Å². The van der Waals surface area contributed by atoms with E-state index in [1.54, 1.807) is 29.0 Å². The number of rotatable bonds is 2. The van der Waals surface area contributed by atoms with Crippen LogP contribution in [0, 0.1) is 5.82 Å². The highest BCUT2D eigenvalue weighted by Gasteiger charge is 2.15. The molecule has 3 aromatic heterocycles. The zero-order chi connectivity index (χ0) is 15.1. The van der Waals surface area contributed by atoms with Crippen molar-refractivity contribution in [3.05, 3.63) is 53.0 Å². The lowest BCUT2D eigenvalue weighted by molar-refractivity contribution is 0.621. The normalized spacial score (nSPS) is 11.2. The van der Waals surface area contributed by atoms with Gasteiger partial charge in [-0.15, -0.1) is 10.2 Å². The summed E-state index contributed by atoms with van der Waals surface area (Å²) in [7, 11) is 0. The molecular weight excluding hydrogens is 369 g/mol. The lowest BCUT2D eigenvalue weighted by Crippen LogP contribution is -1.91. The van der Waals surface area contributed by atoms with Gasteiger partial charge in [0, 0.05) is 23.5 Å². The van der Waals surface area contributed by atoms with Gasteiger partial charge in [-0.2, -0.15) is 9.61 Å². The maximum absolute atomic E-state index is 13.3. The lowest BCUT2D eigenvalue weighted by atomic mass is 10.2. The Labute approximate surface area is 136 Å². The molecule has 0 atom stereocenters. The molecule has 22 heavy (non-hydrogen) atoms. The zero-order valence-corrected chi connectivity index (χ0v) is 13.3. The number of aromatic nitrogens is 5. The number of fused-ring (bicyclic) bond motifs is 1. The molecule has 0 aliphatic heterocycles. The molecule has 0 fully saturated rings. The molecule has 0 bridgehead atoms. The van der Waals surface area contributed by atoms with Gasteiger partial charge in [-0.3, -0.25) is 4.98 Å². The van der Waals surface area contributed by atoms with Crippen molar-refractivity contribution < 1.29 is 4.39 Å². The molecule has 4 rings (SSSR count). The minimum absolute atomic E-state index is 0.302. The van der Waals surface area contributed by atoms with Crippen LogP contribution in [-0.4, -0.2) is 24.8 Å². The van der Waals surface area contributed by atoms with Gasteiger partial charge in [0.25, 0.3) is 0 Å². The first-order valence-corrected chi connectivity index (χ1v) is 7.91. The summed E-state index contributed by atoms with van der Waals surface area (Å²) in [5, 5.41) is 13.6. The molecule has 0 saturated heterocycles. The topological polar surface area (TPSA) is 56.0 Å². The second-order valence-corrected chi connectivity index (χ2v) is 6.30. The first-order chi connectivity index (χ1) is 10.7. The molecule has 0 unspecified atom stereocenters. The fraction of sp³-hybridized carbons (Fsp3) is 0. The number of nitrogens with zero attached hydrogens (tertiary/aromatic N) is 5. The number of halogens is 2. The van der Waals surface area contributed by atoms with Crippen LogP contribution < -0.4 is 0 Å². The van der Waals surface area contributed by atoms with Gasteiger partial charge in [0.15, 0.2) is 5.82 Å². The quantitative estimate of drug-likeness (QED) is 0.534. The average Bonchev–Trinajstić information content (AvgIpc) is 3.11. The summed E-state index contributed by atoms with van der Waals surface area (Å²) in [5.41, 5.74) is 1.71. The third-order valence-corrected chi connectivity index (χ3v) is 4.65. The summed E-state index contributed by atoms with van der Waals surface area (Å²) in [5.74, 6) is 0.352. The van der Waals surface area contributed by atoms with Gasteiger partial charge in [0.1, 0.15) is 10.8 Å². The van der Waals surface area contributed by atoms with Crippen molar-refractivity contribution in [3.63, 3.8) is 0 Å². The number of hydrogen-bond acceptors (Lipinski definition) is 5. The Hall–Kier alpha value is -2.19. The summed E-state index contributed by atoms with van der Waals surface area (Å²) < 4.78 is 15.4. The Morgan fingerprint density at radius 1 is 1.05 bits per heavy atom. The zero-order valence-electron chi connectivity index (χ0n) is 10.9. The van der Waals surface area contributed by atoms with Crippen LogP contribution in [0.4, 0.5) is 4.39 Å². The van der Waals surface area contributed by atoms with Crippen LogP contribution in [0.25, 0.3) is 26.9 Å². The third kappa shape index (κ3) is 2.20. The van der Waals surface area contributed by atoms with Crippen LogP contribution >= 0.6 is 27.3 Å². The van der Waals surface area contributed by atoms with Gasteiger partial charge in [-0.1, -0.05) is 11.3 Å². The van der Waals surface area contributed by atoms with Gasteiger partial charge >= 0.3 is 0 Å². The van der Waals surface area contributed by atoms with E-state index >= 15 is 0 Å². The molecule has 0 N–H and O–H groups in total. The number of pyridine rings is 1. The Morgan fingerprint density at radius 3 is 2.64 bits per heavy atom. The number of hydrogen-bond donors (Lipinski definition) is 0. The van der Waals surface area contributed by atoms with E-state index < -0.39 is 0 Å². The smallest absolute Gasteiger partial charge is 0.235 e. The predicted octanol–water partition coefficient (Wildman–Crippen LogP) is 3.82. The van der Waals surface area contributed by atoms with Crippen molar-refractivity contribution in [1.29, 1.82) is 0 Å². The van der Waals surface area contributed by atoms with E-state index in [-0.39, 0.29) is 5.82 Å². The van der Waals surface area contributed by atoms with Crippen molar-refractivity contribution in [3.8, 4) is 22.0 Å². The first-order valence-electron chi connectivity index (χ1n) is 6.30. The van der Waals surface area contributed by atoms with Crippen molar-refractivity contribution in [2.45, 2.75) is 0 Å². The maximum Gasteiger partial charge on any atom is 0.235 e. The van der Waals surface area contributed by atoms with E-state index in [1.807, 2.05) is 12.1 Å². The monoisotopic (exact) mass is 375 g/mol. The minimum Gasteiger partial charge on any atom is -0.265 e. The largest absolute Gasteiger partial charge is 0.265 e. The van der Waals surface area contributed by atoms with Gasteiger partial charge in [0.2, 0.25) is 4.96 Å². The first kappa shape index (κ1) is 13.5. The standard InChI is InChI=1S/C14H7BrFN5S/c15-10-7-9(1-2-11(10)16)13-20-21-12(18-19-14(21)22-13)8-3-5-17-6-4-8/h1-7H. The minimum atomic E-state index is -0.302. The van der Waals surface area contributed by atoms with E-state index in [9.17, 15) is 4.39 Å². The molecule has 4 aromatic rings. The van der Waals surface area contributed by atoms with Gasteiger partial charge in [0.05, 0.1) is 4.47 Å². The highest BCUT2D eigenvalue weighted by Crippen LogP contribution is 2.30. The van der Waals surface area contributed by atoms with E-state index in [1.165, 1.54) is 17.4 Å². The van der Waals surface area contributed by atoms with Crippen molar-refractivity contribution in [2.24, 2.45) is 0 Å². The van der Waals surface area contributed by atoms with Crippen molar-refractivity contribution in [1.82, 2.24) is 24.8 Å². The molecule has 8 heteroatoms. The molecule has 0 aliphatic carbocycles. The van der Waals surface area contributed by atoms with Gasteiger partial charge in [-0.05, 0) is 46.3 Å². The van der Waals surface area contributed by atoms with Gasteiger partial charge < -0.3 is 0 Å². The maximum atomic E-state index is 13.3. The Kier molecular flexibility index (Phi) is 3.20. The molecule has 108 valence electrons. The van der Waals surface area contributed by atoms with E-state index in [4.69, 9.17) is 0 Å². The predicted molar refractivity (Wildman–Crippen MR) is 85.0 cm³/mol. The molecule has 0 amide bonds. The second kappa shape index (κ2) is 5.22. The average molecular weight is 376 g/mol. The summed E-state index contributed by atoms with van der Waals surface area (Å²) >= 11 is 4.59. The molecule has 1 aromatic carbocycles. The van der Waals surface area contributed by atoms with E-state index in [0.29, 0.717) is 15.3 Å². The summed E-state index contributed by atoms with van der Waals surface area (Å²) in [6, 6.07) is 8.50. The van der Waals surface area contributed by atoms with Crippen LogP contribution in [0.2, 0.25) is 0 Å². The van der Waals surface area contributed by atoms with Crippen LogP contribution in [0.1, 0.15) is 0 Å². The molecule has 5 nitrogen and oxygen atoms in total. The van der Waals surface area contributed by atoms with Crippen molar-refractivity contribution >= 4 is 32.2 Å². The second-order valence-electron chi connectivity index (χ2n) is 4.49. The highest BCUT2D eigenvalue weighted by atomic mass is 79.9. The summed E-state index contributed by atoms with van der Waals surface area (Å²) in [6.07, 6.45) is 3.39. The summed E-state index contributed by atoms with van der Waals surface area (Å²) in [6.45, 7) is 0. The Morgan fingerprint density at radius 2 is 1.86 bits per heavy atom. The van der Waals surface area contributed by atoms with Crippen LogP contribution in [0.5, 0.6) is 0 Å². The fourth-order valence-electron chi connectivity index (χ4n) is 2.04. The fourth-order valence-corrected chi connectivity index (χ4v) is 3.26. The SMILES string of the molecule is Fc1ccc(-c2nn3c(-c4ccncc4)nnc3s2)cc1Br. The third-order valence-electron chi connectivity index (χ3n) is 3.10. The van der Waals surface area contributed by atoms with E-state index in [2.05, 4.69) is 36.2 Å². The van der Waals surface area contributed by atoms with Gasteiger partial charge in [-0.25, -0.2) is 4.39 Å². The number of benzene rings is 1. The van der Waals surface area contributed by atoms with E-state index in [0.717, 1.165) is 16.1 Å². The lowest BCUT2D eigenvalue weighted by Gasteiger charge is -1.98. The Balaban J connectivity index is 1.85. The molecular formula is C14H7BrFN5S. The van der Waals surface area contributed by atoms with Crippen LogP contribution in [0.15, 0.2) is 47.2 Å². The molecule has 0 aliphatic rings. The highest BCUT2D eigenvalue weighted by molar-refractivity contribution is 9.10. The van der Waals surface area contributed by atoms with Crippen LogP contribution in [-0.2, 0) is 0 Å². The summed E-state index contributed by atoms with van der Waals surface area (Å²) in [4.78, 5) is 4.67. The molecule has 3 heterocycles. The molecule has 0 radical (unpaired) electrons. The molecule has 0 saturated carbocycles. The van der Waals surface area contributed by atoms with Crippen molar-refractivity contribution in [2.75, 3.05) is 0 Å².